The van der Waals surface area contributed by atoms with Crippen molar-refractivity contribution < 1.29 is 14.7 Å². The maximum Gasteiger partial charge on any atom is 0.337 e. The number of H-pyrrole nitrogens is 1. The lowest BCUT2D eigenvalue weighted by Gasteiger charge is -2.08. The van der Waals surface area contributed by atoms with E-state index in [4.69, 9.17) is 16.7 Å². The molecule has 19 heavy (non-hydrogen) atoms. The molecule has 0 aliphatic rings. The zero-order valence-corrected chi connectivity index (χ0v) is 11.7. The van der Waals surface area contributed by atoms with Crippen molar-refractivity contribution in [1.82, 2.24) is 4.98 Å². The highest BCUT2D eigenvalue weighted by molar-refractivity contribution is 9.10. The number of aromatic nitrogens is 1. The van der Waals surface area contributed by atoms with Gasteiger partial charge in [0.2, 0.25) is 0 Å². The van der Waals surface area contributed by atoms with Gasteiger partial charge in [0.1, 0.15) is 5.69 Å². The number of anilines is 1. The number of carbonyl (C=O) groups is 2. The summed E-state index contributed by atoms with van der Waals surface area (Å²) in [5.41, 5.74) is 0.469. The Balaban J connectivity index is 2.28. The van der Waals surface area contributed by atoms with Crippen molar-refractivity contribution in [3.05, 3.63) is 51.2 Å². The number of halogens is 2. The maximum atomic E-state index is 11.9. The predicted molar refractivity (Wildman–Crippen MR) is 74.9 cm³/mol. The van der Waals surface area contributed by atoms with Crippen LogP contribution in [0, 0.1) is 0 Å². The van der Waals surface area contributed by atoms with E-state index < -0.39 is 11.9 Å². The number of aromatic amines is 1. The molecule has 7 heteroatoms. The van der Waals surface area contributed by atoms with Gasteiger partial charge < -0.3 is 15.4 Å². The molecule has 2 aromatic rings. The molecule has 0 aliphatic carbocycles. The van der Waals surface area contributed by atoms with E-state index in [2.05, 4.69) is 26.2 Å². The summed E-state index contributed by atoms with van der Waals surface area (Å²) in [6.07, 6.45) is 1.47. The first-order valence-corrected chi connectivity index (χ1v) is 6.32. The van der Waals surface area contributed by atoms with Crippen molar-refractivity contribution in [3.8, 4) is 0 Å². The average Bonchev–Trinajstić information content (AvgIpc) is 2.78. The van der Waals surface area contributed by atoms with Crippen LogP contribution in [-0.4, -0.2) is 22.0 Å². The molecule has 0 radical (unpaired) electrons. The average molecular weight is 344 g/mol. The molecule has 0 bridgehead atoms. The van der Waals surface area contributed by atoms with Crippen LogP contribution in [0.4, 0.5) is 5.69 Å². The molecular formula is C12H8BrClN2O3. The lowest BCUT2D eigenvalue weighted by atomic mass is 10.2. The zero-order chi connectivity index (χ0) is 14.0. The first-order chi connectivity index (χ1) is 8.97. The third kappa shape index (κ3) is 3.15. The Bertz CT molecular complexity index is 654. The number of carboxylic acids is 1. The van der Waals surface area contributed by atoms with Crippen molar-refractivity contribution in [2.75, 3.05) is 5.32 Å². The summed E-state index contributed by atoms with van der Waals surface area (Å²) in [5.74, 6) is -1.59. The number of hydrogen-bond donors (Lipinski definition) is 3. The van der Waals surface area contributed by atoms with Crippen molar-refractivity contribution in [2.24, 2.45) is 0 Å². The van der Waals surface area contributed by atoms with Gasteiger partial charge >= 0.3 is 5.97 Å². The number of amides is 1. The Labute approximate surface area is 121 Å². The molecule has 0 unspecified atom stereocenters. The SMILES string of the molecule is O=C(Nc1ccc(Br)cc1C(=O)O)c1cc(Cl)c[nH]1. The number of rotatable bonds is 3. The minimum atomic E-state index is -1.12. The summed E-state index contributed by atoms with van der Waals surface area (Å²) in [5, 5.41) is 12.0. The fraction of sp³-hybridized carbons (Fsp3) is 0. The topological polar surface area (TPSA) is 82.2 Å². The molecular weight excluding hydrogens is 336 g/mol. The van der Waals surface area contributed by atoms with Crippen molar-refractivity contribution in [1.29, 1.82) is 0 Å². The van der Waals surface area contributed by atoms with Gasteiger partial charge in [-0.3, -0.25) is 4.79 Å². The van der Waals surface area contributed by atoms with Crippen LogP contribution in [0.5, 0.6) is 0 Å². The maximum absolute atomic E-state index is 11.9. The van der Waals surface area contributed by atoms with Crippen molar-refractivity contribution >= 4 is 45.1 Å². The van der Waals surface area contributed by atoms with Gasteiger partial charge in [-0.1, -0.05) is 27.5 Å². The summed E-state index contributed by atoms with van der Waals surface area (Å²) < 4.78 is 0.616. The minimum absolute atomic E-state index is 0.000350. The van der Waals surface area contributed by atoms with Crippen molar-refractivity contribution in [3.63, 3.8) is 0 Å². The fourth-order valence-electron chi connectivity index (χ4n) is 1.49. The van der Waals surface area contributed by atoms with Crippen LogP contribution in [0.25, 0.3) is 0 Å². The van der Waals surface area contributed by atoms with Crippen LogP contribution in [0.3, 0.4) is 0 Å². The van der Waals surface area contributed by atoms with Crippen LogP contribution in [0.1, 0.15) is 20.8 Å². The van der Waals surface area contributed by atoms with Gasteiger partial charge in [-0.05, 0) is 24.3 Å². The van der Waals surface area contributed by atoms with Crippen molar-refractivity contribution in [2.45, 2.75) is 0 Å². The molecule has 1 heterocycles. The molecule has 0 fully saturated rings. The summed E-state index contributed by atoms with van der Waals surface area (Å²) in [6, 6.07) is 6.02. The molecule has 3 N–H and O–H groups in total. The van der Waals surface area contributed by atoms with E-state index in [1.807, 2.05) is 0 Å². The highest BCUT2D eigenvalue weighted by atomic mass is 79.9. The lowest BCUT2D eigenvalue weighted by Crippen LogP contribution is -2.15. The number of nitrogens with one attached hydrogen (secondary N) is 2. The van der Waals surface area contributed by atoms with Gasteiger partial charge in [-0.2, -0.15) is 0 Å². The van der Waals surface area contributed by atoms with E-state index in [9.17, 15) is 9.59 Å². The molecule has 1 aromatic heterocycles. The van der Waals surface area contributed by atoms with Crippen LogP contribution in [0.15, 0.2) is 34.9 Å². The molecule has 98 valence electrons. The molecule has 0 saturated heterocycles. The lowest BCUT2D eigenvalue weighted by molar-refractivity contribution is 0.0698. The number of hydrogen-bond acceptors (Lipinski definition) is 2. The number of benzene rings is 1. The third-order valence-electron chi connectivity index (χ3n) is 2.35. The molecule has 0 saturated carbocycles. The summed E-state index contributed by atoms with van der Waals surface area (Å²) in [7, 11) is 0. The molecule has 0 spiro atoms. The molecule has 1 amide bonds. The number of carboxylic acid groups (broad SMARTS) is 1. The third-order valence-corrected chi connectivity index (χ3v) is 3.06. The van der Waals surface area contributed by atoms with Gasteiger partial charge in [-0.15, -0.1) is 0 Å². The second-order valence-corrected chi connectivity index (χ2v) is 5.03. The molecule has 0 atom stereocenters. The molecule has 1 aromatic carbocycles. The minimum Gasteiger partial charge on any atom is -0.478 e. The van der Waals surface area contributed by atoms with E-state index in [0.717, 1.165) is 0 Å². The molecule has 2 rings (SSSR count). The van der Waals surface area contributed by atoms with Gasteiger partial charge in [0.15, 0.2) is 0 Å². The van der Waals surface area contributed by atoms with Crippen LogP contribution in [-0.2, 0) is 0 Å². The predicted octanol–water partition coefficient (Wildman–Crippen LogP) is 3.38. The van der Waals surface area contributed by atoms with Gasteiger partial charge in [0, 0.05) is 10.7 Å². The summed E-state index contributed by atoms with van der Waals surface area (Å²) in [4.78, 5) is 25.7. The van der Waals surface area contributed by atoms with E-state index in [1.165, 1.54) is 24.4 Å². The van der Waals surface area contributed by atoms with Gasteiger partial charge in [-0.25, -0.2) is 4.79 Å². The summed E-state index contributed by atoms with van der Waals surface area (Å²) >= 11 is 8.88. The number of carbonyl (C=O) groups excluding carboxylic acids is 1. The second kappa shape index (κ2) is 5.46. The van der Waals surface area contributed by atoms with Gasteiger partial charge in [0.05, 0.1) is 16.3 Å². The standard InChI is InChI=1S/C12H8BrClN2O3/c13-6-1-2-9(8(3-6)12(18)19)16-11(17)10-4-7(14)5-15-10/h1-5,15H,(H,16,17)(H,18,19). The number of aromatic carboxylic acids is 1. The zero-order valence-electron chi connectivity index (χ0n) is 9.41. The van der Waals surface area contributed by atoms with Crippen LogP contribution >= 0.6 is 27.5 Å². The highest BCUT2D eigenvalue weighted by Gasteiger charge is 2.15. The van der Waals surface area contributed by atoms with Crippen LogP contribution < -0.4 is 5.32 Å². The van der Waals surface area contributed by atoms with E-state index in [0.29, 0.717) is 9.50 Å². The fourth-order valence-corrected chi connectivity index (χ4v) is 2.02. The first kappa shape index (κ1) is 13.6. The smallest absolute Gasteiger partial charge is 0.337 e. The normalized spacial score (nSPS) is 10.2. The monoisotopic (exact) mass is 342 g/mol. The Hall–Kier alpha value is -1.79. The Morgan fingerprint density at radius 2 is 2.05 bits per heavy atom. The quantitative estimate of drug-likeness (QED) is 0.799. The van der Waals surface area contributed by atoms with E-state index in [-0.39, 0.29) is 16.9 Å². The van der Waals surface area contributed by atoms with E-state index in [1.54, 1.807) is 6.07 Å². The Kier molecular flexibility index (Phi) is 3.92. The van der Waals surface area contributed by atoms with E-state index >= 15 is 0 Å². The second-order valence-electron chi connectivity index (χ2n) is 3.68. The largest absolute Gasteiger partial charge is 0.478 e. The first-order valence-electron chi connectivity index (χ1n) is 5.15. The highest BCUT2D eigenvalue weighted by Crippen LogP contribution is 2.22. The molecule has 5 nitrogen and oxygen atoms in total. The van der Waals surface area contributed by atoms with Gasteiger partial charge in [0.25, 0.3) is 5.91 Å². The Morgan fingerprint density at radius 3 is 2.63 bits per heavy atom. The molecule has 0 aliphatic heterocycles. The Morgan fingerprint density at radius 1 is 1.32 bits per heavy atom. The van der Waals surface area contributed by atoms with Crippen LogP contribution in [0.2, 0.25) is 5.02 Å². The summed E-state index contributed by atoms with van der Waals surface area (Å²) in [6.45, 7) is 0.